The Hall–Kier alpha value is -3.26. The number of fused-ring (bicyclic) bond motifs is 1. The molecule has 4 rings (SSSR count). The average molecular weight is 466 g/mol. The standard InChI is InChI=1S/C25H27N3O4S/c1-32-24(31)17-10-13-20-21(15-17)27-25(33)28(23(20)30)19-11-8-16(9-12-19)14-22(29)26-18-6-4-2-3-5-7-18/h8-13,15,18H,2-7,14H2,1H3,(H,26,29)(H,27,33). The minimum atomic E-state index is -0.487. The van der Waals surface area contributed by atoms with E-state index in [1.165, 1.54) is 37.4 Å². The monoisotopic (exact) mass is 465 g/mol. The van der Waals surface area contributed by atoms with Crippen LogP contribution in [0.3, 0.4) is 0 Å². The zero-order valence-corrected chi connectivity index (χ0v) is 19.4. The molecule has 0 aliphatic heterocycles. The number of hydrogen-bond acceptors (Lipinski definition) is 5. The Morgan fingerprint density at radius 1 is 1.09 bits per heavy atom. The molecule has 0 radical (unpaired) electrons. The maximum absolute atomic E-state index is 13.1. The van der Waals surface area contributed by atoms with Crippen molar-refractivity contribution in [3.63, 3.8) is 0 Å². The summed E-state index contributed by atoms with van der Waals surface area (Å²) < 4.78 is 6.36. The van der Waals surface area contributed by atoms with E-state index in [1.54, 1.807) is 30.3 Å². The van der Waals surface area contributed by atoms with Crippen molar-refractivity contribution >= 4 is 35.0 Å². The highest BCUT2D eigenvalue weighted by Gasteiger charge is 2.15. The number of rotatable bonds is 5. The van der Waals surface area contributed by atoms with E-state index in [0.29, 0.717) is 28.6 Å². The predicted molar refractivity (Wildman–Crippen MR) is 129 cm³/mol. The summed E-state index contributed by atoms with van der Waals surface area (Å²) in [6.07, 6.45) is 7.23. The van der Waals surface area contributed by atoms with Crippen molar-refractivity contribution in [2.45, 2.75) is 51.0 Å². The molecule has 2 N–H and O–H groups in total. The van der Waals surface area contributed by atoms with Crippen molar-refractivity contribution in [1.82, 2.24) is 14.9 Å². The van der Waals surface area contributed by atoms with Gasteiger partial charge in [0.15, 0.2) is 4.77 Å². The van der Waals surface area contributed by atoms with Crippen LogP contribution in [-0.2, 0) is 16.0 Å². The molecule has 1 amide bonds. The highest BCUT2D eigenvalue weighted by atomic mass is 32.1. The van der Waals surface area contributed by atoms with Crippen LogP contribution in [0.15, 0.2) is 47.3 Å². The number of methoxy groups -OCH3 is 1. The van der Waals surface area contributed by atoms with E-state index >= 15 is 0 Å². The summed E-state index contributed by atoms with van der Waals surface area (Å²) in [7, 11) is 1.30. The van der Waals surface area contributed by atoms with E-state index in [-0.39, 0.29) is 22.3 Å². The van der Waals surface area contributed by atoms with Gasteiger partial charge in [0.1, 0.15) is 0 Å². The van der Waals surface area contributed by atoms with Crippen LogP contribution >= 0.6 is 12.2 Å². The fourth-order valence-corrected chi connectivity index (χ4v) is 4.65. The van der Waals surface area contributed by atoms with Gasteiger partial charge in [0.25, 0.3) is 5.56 Å². The van der Waals surface area contributed by atoms with Crippen LogP contribution in [0.4, 0.5) is 0 Å². The topological polar surface area (TPSA) is 93.2 Å². The first-order valence-electron chi connectivity index (χ1n) is 11.2. The van der Waals surface area contributed by atoms with Crippen molar-refractivity contribution in [1.29, 1.82) is 0 Å². The number of amides is 1. The Bertz CT molecular complexity index is 1290. The third-order valence-electron chi connectivity index (χ3n) is 6.10. The van der Waals surface area contributed by atoms with Crippen LogP contribution in [-0.4, -0.2) is 34.6 Å². The molecule has 1 aromatic heterocycles. The molecule has 0 saturated heterocycles. The molecule has 1 aliphatic rings. The minimum Gasteiger partial charge on any atom is -0.465 e. The number of hydrogen-bond donors (Lipinski definition) is 2. The quantitative estimate of drug-likeness (QED) is 0.334. The molecule has 0 bridgehead atoms. The summed E-state index contributed by atoms with van der Waals surface area (Å²) in [6, 6.07) is 12.2. The largest absolute Gasteiger partial charge is 0.465 e. The Morgan fingerprint density at radius 3 is 2.45 bits per heavy atom. The van der Waals surface area contributed by atoms with E-state index in [1.807, 2.05) is 12.1 Å². The lowest BCUT2D eigenvalue weighted by atomic mass is 10.1. The zero-order valence-electron chi connectivity index (χ0n) is 18.6. The molecular formula is C25H27N3O4S. The first kappa shape index (κ1) is 22.9. The smallest absolute Gasteiger partial charge is 0.337 e. The predicted octanol–water partition coefficient (Wildman–Crippen LogP) is 4.22. The van der Waals surface area contributed by atoms with Crippen LogP contribution in [0.5, 0.6) is 0 Å². The molecular weight excluding hydrogens is 438 g/mol. The van der Waals surface area contributed by atoms with Gasteiger partial charge < -0.3 is 15.0 Å². The molecule has 33 heavy (non-hydrogen) atoms. The molecule has 2 aromatic carbocycles. The van der Waals surface area contributed by atoms with Gasteiger partial charge in [0.2, 0.25) is 5.91 Å². The maximum atomic E-state index is 13.1. The highest BCUT2D eigenvalue weighted by Crippen LogP contribution is 2.18. The molecule has 1 saturated carbocycles. The van der Waals surface area contributed by atoms with Gasteiger partial charge in [0.05, 0.1) is 35.7 Å². The van der Waals surface area contributed by atoms with Crippen molar-refractivity contribution in [2.24, 2.45) is 0 Å². The molecule has 7 nitrogen and oxygen atoms in total. The maximum Gasteiger partial charge on any atom is 0.337 e. The Morgan fingerprint density at radius 2 is 1.79 bits per heavy atom. The second kappa shape index (κ2) is 10.1. The number of aromatic amines is 1. The number of ether oxygens (including phenoxy) is 1. The van der Waals surface area contributed by atoms with Crippen molar-refractivity contribution in [2.75, 3.05) is 7.11 Å². The van der Waals surface area contributed by atoms with Crippen molar-refractivity contribution in [3.05, 3.63) is 68.7 Å². The lowest BCUT2D eigenvalue weighted by Gasteiger charge is -2.16. The molecule has 0 unspecified atom stereocenters. The number of nitrogens with zero attached hydrogens (tertiary/aromatic N) is 1. The van der Waals surface area contributed by atoms with Gasteiger partial charge in [-0.15, -0.1) is 0 Å². The van der Waals surface area contributed by atoms with Crippen LogP contribution in [0, 0.1) is 4.77 Å². The number of carbonyl (C=O) groups is 2. The number of H-pyrrole nitrogens is 1. The van der Waals surface area contributed by atoms with Gasteiger partial charge in [-0.2, -0.15) is 0 Å². The lowest BCUT2D eigenvalue weighted by molar-refractivity contribution is -0.121. The summed E-state index contributed by atoms with van der Waals surface area (Å²) in [5.74, 6) is -0.463. The fraction of sp³-hybridized carbons (Fsp3) is 0.360. The summed E-state index contributed by atoms with van der Waals surface area (Å²) in [5.41, 5.74) is 1.99. The number of carbonyl (C=O) groups excluding carboxylic acids is 2. The normalized spacial score (nSPS) is 14.6. The molecule has 172 valence electrons. The van der Waals surface area contributed by atoms with Crippen LogP contribution < -0.4 is 10.9 Å². The molecule has 1 aliphatic carbocycles. The van der Waals surface area contributed by atoms with Crippen LogP contribution in [0.25, 0.3) is 16.6 Å². The first-order valence-corrected chi connectivity index (χ1v) is 11.6. The molecule has 0 spiro atoms. The van der Waals surface area contributed by atoms with Gasteiger partial charge in [-0.1, -0.05) is 37.8 Å². The number of benzene rings is 2. The minimum absolute atomic E-state index is 0.0243. The average Bonchev–Trinajstić information content (AvgIpc) is 3.07. The Balaban J connectivity index is 1.54. The Labute approximate surface area is 196 Å². The highest BCUT2D eigenvalue weighted by molar-refractivity contribution is 7.71. The van der Waals surface area contributed by atoms with E-state index in [2.05, 4.69) is 10.3 Å². The second-order valence-corrected chi connectivity index (χ2v) is 8.81. The molecule has 0 atom stereocenters. The van der Waals surface area contributed by atoms with Crippen molar-refractivity contribution in [3.8, 4) is 5.69 Å². The summed E-state index contributed by atoms with van der Waals surface area (Å²) >= 11 is 5.42. The molecule has 8 heteroatoms. The van der Waals surface area contributed by atoms with Crippen LogP contribution in [0.1, 0.15) is 54.4 Å². The van der Waals surface area contributed by atoms with Crippen molar-refractivity contribution < 1.29 is 14.3 Å². The lowest BCUT2D eigenvalue weighted by Crippen LogP contribution is -2.35. The Kier molecular flexibility index (Phi) is 7.03. The molecule has 1 heterocycles. The zero-order chi connectivity index (χ0) is 23.4. The number of nitrogens with one attached hydrogen (secondary N) is 2. The van der Waals surface area contributed by atoms with E-state index < -0.39 is 5.97 Å². The summed E-state index contributed by atoms with van der Waals surface area (Å²) in [5, 5.41) is 3.57. The van der Waals surface area contributed by atoms with Gasteiger partial charge in [-0.3, -0.25) is 14.2 Å². The van der Waals surface area contributed by atoms with E-state index in [9.17, 15) is 14.4 Å². The van der Waals surface area contributed by atoms with Gasteiger partial charge in [-0.25, -0.2) is 4.79 Å². The molecule has 3 aromatic rings. The van der Waals surface area contributed by atoms with E-state index in [4.69, 9.17) is 17.0 Å². The second-order valence-electron chi connectivity index (χ2n) is 8.42. The fourth-order valence-electron chi connectivity index (χ4n) is 4.35. The first-order chi connectivity index (χ1) is 16.0. The third-order valence-corrected chi connectivity index (χ3v) is 6.38. The summed E-state index contributed by atoms with van der Waals surface area (Å²) in [6.45, 7) is 0. The summed E-state index contributed by atoms with van der Waals surface area (Å²) in [4.78, 5) is 40.4. The number of esters is 1. The SMILES string of the molecule is COC(=O)c1ccc2c(=O)n(-c3ccc(CC(=O)NC4CCCCCC4)cc3)c(=S)[nH]c2c1. The van der Waals surface area contributed by atoms with Gasteiger partial charge in [0, 0.05) is 6.04 Å². The third kappa shape index (κ3) is 5.22. The van der Waals surface area contributed by atoms with Gasteiger partial charge in [-0.05, 0) is 61.0 Å². The van der Waals surface area contributed by atoms with Crippen LogP contribution in [0.2, 0.25) is 0 Å². The molecule has 1 fully saturated rings. The van der Waals surface area contributed by atoms with Gasteiger partial charge >= 0.3 is 5.97 Å². The number of aromatic nitrogens is 2. The van der Waals surface area contributed by atoms with E-state index in [0.717, 1.165) is 18.4 Å².